The van der Waals surface area contributed by atoms with E-state index < -0.39 is 11.9 Å². The number of methoxy groups -OCH3 is 1. The second-order valence-electron chi connectivity index (χ2n) is 5.62. The van der Waals surface area contributed by atoms with Crippen molar-refractivity contribution in [1.82, 2.24) is 15.1 Å². The largest absolute Gasteiger partial charge is 0.481 e. The fourth-order valence-electron chi connectivity index (χ4n) is 2.96. The maximum atomic E-state index is 12.4. The van der Waals surface area contributed by atoms with E-state index in [4.69, 9.17) is 4.74 Å². The molecule has 21 heavy (non-hydrogen) atoms. The van der Waals surface area contributed by atoms with Gasteiger partial charge in [-0.15, -0.1) is 10.2 Å². The number of carboxylic acid groups (broad SMARTS) is 1. The number of carbonyl (C=O) groups is 2. The molecule has 7 nitrogen and oxygen atoms in total. The number of hydrogen-bond acceptors (Lipinski definition) is 5. The number of amides is 1. The minimum absolute atomic E-state index is 0.0673. The van der Waals surface area contributed by atoms with E-state index in [-0.39, 0.29) is 24.1 Å². The lowest BCUT2D eigenvalue weighted by Gasteiger charge is -2.15. The Balaban J connectivity index is 1.74. The van der Waals surface area contributed by atoms with E-state index in [1.54, 1.807) is 17.0 Å². The zero-order valence-corrected chi connectivity index (χ0v) is 11.7. The van der Waals surface area contributed by atoms with Gasteiger partial charge in [0.15, 0.2) is 5.69 Å². The molecule has 3 rings (SSSR count). The van der Waals surface area contributed by atoms with Gasteiger partial charge < -0.3 is 14.7 Å². The fourth-order valence-corrected chi connectivity index (χ4v) is 2.96. The van der Waals surface area contributed by atoms with Gasteiger partial charge in [0.25, 0.3) is 5.91 Å². The summed E-state index contributed by atoms with van der Waals surface area (Å²) in [6.07, 6.45) is 2.14. The van der Waals surface area contributed by atoms with Crippen LogP contribution >= 0.6 is 0 Å². The van der Waals surface area contributed by atoms with Crippen LogP contribution in [0.1, 0.15) is 23.3 Å². The third-order valence-electron chi connectivity index (χ3n) is 4.27. The number of carboxylic acids is 1. The summed E-state index contributed by atoms with van der Waals surface area (Å²) >= 11 is 0. The monoisotopic (exact) mass is 291 g/mol. The van der Waals surface area contributed by atoms with Crippen LogP contribution < -0.4 is 4.74 Å². The highest BCUT2D eigenvalue weighted by molar-refractivity contribution is 5.92. The lowest BCUT2D eigenvalue weighted by molar-refractivity contribution is -0.142. The summed E-state index contributed by atoms with van der Waals surface area (Å²) in [5.74, 6) is -0.689. The number of ether oxygens (including phenoxy) is 1. The first-order chi connectivity index (χ1) is 10.1. The van der Waals surface area contributed by atoms with Crippen molar-refractivity contribution in [3.05, 3.63) is 17.8 Å². The second-order valence-corrected chi connectivity index (χ2v) is 5.62. The minimum Gasteiger partial charge on any atom is -0.481 e. The van der Waals surface area contributed by atoms with Gasteiger partial charge in [0.1, 0.15) is 0 Å². The van der Waals surface area contributed by atoms with Gasteiger partial charge in [-0.25, -0.2) is 0 Å². The lowest BCUT2D eigenvalue weighted by Crippen LogP contribution is -2.30. The summed E-state index contributed by atoms with van der Waals surface area (Å²) in [6.45, 7) is 0.747. The van der Waals surface area contributed by atoms with Gasteiger partial charge in [0, 0.05) is 19.2 Å². The molecule has 2 fully saturated rings. The normalized spacial score (nSPS) is 24.9. The van der Waals surface area contributed by atoms with Crippen LogP contribution in [-0.2, 0) is 4.79 Å². The van der Waals surface area contributed by atoms with E-state index in [0.29, 0.717) is 18.3 Å². The van der Waals surface area contributed by atoms with E-state index in [1.807, 2.05) is 0 Å². The van der Waals surface area contributed by atoms with E-state index in [9.17, 15) is 14.7 Å². The zero-order chi connectivity index (χ0) is 15.0. The molecule has 2 atom stereocenters. The summed E-state index contributed by atoms with van der Waals surface area (Å²) < 4.78 is 4.90. The van der Waals surface area contributed by atoms with Gasteiger partial charge in [0.2, 0.25) is 5.88 Å². The predicted molar refractivity (Wildman–Crippen MR) is 71.8 cm³/mol. The number of nitrogens with zero attached hydrogens (tertiary/aromatic N) is 3. The van der Waals surface area contributed by atoms with Gasteiger partial charge in [0.05, 0.1) is 13.0 Å². The molecule has 1 aromatic heterocycles. The molecule has 0 bridgehead atoms. The van der Waals surface area contributed by atoms with Crippen LogP contribution in [0.4, 0.5) is 0 Å². The number of rotatable bonds is 4. The molecule has 1 N–H and O–H groups in total. The molecule has 1 saturated heterocycles. The lowest BCUT2D eigenvalue weighted by atomic mass is 9.92. The topological polar surface area (TPSA) is 92.6 Å². The molecular weight excluding hydrogens is 274 g/mol. The van der Waals surface area contributed by atoms with Crippen molar-refractivity contribution in [2.75, 3.05) is 20.2 Å². The highest BCUT2D eigenvalue weighted by Crippen LogP contribution is 2.44. The quantitative estimate of drug-likeness (QED) is 0.876. The van der Waals surface area contributed by atoms with Gasteiger partial charge in [-0.3, -0.25) is 9.59 Å². The summed E-state index contributed by atoms with van der Waals surface area (Å²) in [5.41, 5.74) is 0.219. The fraction of sp³-hybridized carbons (Fsp3) is 0.571. The molecule has 0 radical (unpaired) electrons. The van der Waals surface area contributed by atoms with E-state index in [0.717, 1.165) is 12.8 Å². The molecule has 2 heterocycles. The van der Waals surface area contributed by atoms with Crippen molar-refractivity contribution in [3.8, 4) is 5.88 Å². The first-order valence-corrected chi connectivity index (χ1v) is 7.00. The maximum Gasteiger partial charge on any atom is 0.308 e. The number of aromatic nitrogens is 2. The Morgan fingerprint density at radius 1 is 1.29 bits per heavy atom. The minimum atomic E-state index is -0.817. The van der Waals surface area contributed by atoms with Crippen LogP contribution in [0.25, 0.3) is 0 Å². The Morgan fingerprint density at radius 3 is 2.57 bits per heavy atom. The molecule has 1 aliphatic carbocycles. The van der Waals surface area contributed by atoms with E-state index >= 15 is 0 Å². The molecule has 1 saturated carbocycles. The highest BCUT2D eigenvalue weighted by atomic mass is 16.5. The van der Waals surface area contributed by atoms with Gasteiger partial charge in [-0.1, -0.05) is 0 Å². The van der Waals surface area contributed by atoms with Crippen LogP contribution in [0, 0.1) is 17.8 Å². The average molecular weight is 291 g/mol. The van der Waals surface area contributed by atoms with Crippen LogP contribution in [-0.4, -0.2) is 52.3 Å². The Bertz CT molecular complexity index is 556. The van der Waals surface area contributed by atoms with Gasteiger partial charge >= 0.3 is 5.97 Å². The molecule has 1 aromatic rings. The molecule has 0 spiro atoms. The van der Waals surface area contributed by atoms with Crippen molar-refractivity contribution in [2.45, 2.75) is 12.8 Å². The molecule has 7 heteroatoms. The van der Waals surface area contributed by atoms with Crippen molar-refractivity contribution in [1.29, 1.82) is 0 Å². The first kappa shape index (κ1) is 13.8. The van der Waals surface area contributed by atoms with Crippen LogP contribution in [0.3, 0.4) is 0 Å². The zero-order valence-electron chi connectivity index (χ0n) is 11.7. The number of aliphatic carboxylic acids is 1. The van der Waals surface area contributed by atoms with Crippen LogP contribution in [0.15, 0.2) is 12.1 Å². The first-order valence-electron chi connectivity index (χ1n) is 7.00. The third kappa shape index (κ3) is 2.68. The van der Waals surface area contributed by atoms with Gasteiger partial charge in [-0.05, 0) is 30.7 Å². The van der Waals surface area contributed by atoms with Crippen molar-refractivity contribution >= 4 is 11.9 Å². The molecule has 0 unspecified atom stereocenters. The summed E-state index contributed by atoms with van der Waals surface area (Å²) in [5, 5.41) is 16.9. The van der Waals surface area contributed by atoms with Crippen molar-refractivity contribution < 1.29 is 19.4 Å². The number of likely N-dealkylation sites (tertiary alicyclic amines) is 1. The number of hydrogen-bond donors (Lipinski definition) is 1. The third-order valence-corrected chi connectivity index (χ3v) is 4.27. The highest BCUT2D eigenvalue weighted by Gasteiger charge is 2.47. The SMILES string of the molecule is COc1ccc(C(=O)N2C[C@H](C(=O)O)[C@@H](C3CC3)C2)nn1. The molecule has 1 aliphatic heterocycles. The molecule has 112 valence electrons. The molecule has 1 amide bonds. The van der Waals surface area contributed by atoms with Gasteiger partial charge in [-0.2, -0.15) is 0 Å². The Labute approximate surface area is 121 Å². The standard InChI is InChI=1S/C14H17N3O4/c1-21-12-5-4-11(15-16-12)13(18)17-6-9(8-2-3-8)10(7-17)14(19)20/h4-5,8-10H,2-3,6-7H2,1H3,(H,19,20)/t9-,10+/m1/s1. The summed E-state index contributed by atoms with van der Waals surface area (Å²) in [7, 11) is 1.48. The predicted octanol–water partition coefficient (Wildman–Crippen LogP) is 0.668. The smallest absolute Gasteiger partial charge is 0.308 e. The van der Waals surface area contributed by atoms with Crippen molar-refractivity contribution in [2.24, 2.45) is 17.8 Å². The number of carbonyl (C=O) groups excluding carboxylic acids is 1. The van der Waals surface area contributed by atoms with E-state index in [2.05, 4.69) is 10.2 Å². The molecule has 0 aromatic carbocycles. The Morgan fingerprint density at radius 2 is 2.05 bits per heavy atom. The van der Waals surface area contributed by atoms with Crippen LogP contribution in [0.5, 0.6) is 5.88 Å². The summed E-state index contributed by atoms with van der Waals surface area (Å²) in [6, 6.07) is 3.12. The average Bonchev–Trinajstić information content (AvgIpc) is 3.25. The maximum absolute atomic E-state index is 12.4. The van der Waals surface area contributed by atoms with Crippen LogP contribution in [0.2, 0.25) is 0 Å². The molecular formula is C14H17N3O4. The molecule has 2 aliphatic rings. The Hall–Kier alpha value is -2.18. The summed E-state index contributed by atoms with van der Waals surface area (Å²) in [4.78, 5) is 25.3. The second kappa shape index (κ2) is 5.31. The van der Waals surface area contributed by atoms with Crippen molar-refractivity contribution in [3.63, 3.8) is 0 Å². The Kier molecular flexibility index (Phi) is 3.48. The van der Waals surface area contributed by atoms with E-state index in [1.165, 1.54) is 7.11 Å².